The second-order valence-corrected chi connectivity index (χ2v) is 5.13. The van der Waals surface area contributed by atoms with E-state index in [1.807, 2.05) is 18.2 Å². The van der Waals surface area contributed by atoms with Crippen LogP contribution in [0.1, 0.15) is 6.92 Å². The Morgan fingerprint density at radius 1 is 0.750 bits per heavy atom. The lowest BCUT2D eigenvalue weighted by Gasteiger charge is -2.10. The van der Waals surface area contributed by atoms with Gasteiger partial charge in [0.1, 0.15) is 5.75 Å². The molecule has 0 aromatic heterocycles. The summed E-state index contributed by atoms with van der Waals surface area (Å²) in [6.45, 7) is 0.972. The number of carboxylic acids is 1. The largest absolute Gasteiger partial charge is 0.550 e. The number of hydrogen-bond donors (Lipinski definition) is 0. The summed E-state index contributed by atoms with van der Waals surface area (Å²) in [6, 6.07) is 27.1. The zero-order valence-corrected chi connectivity index (χ0v) is 13.7. The maximum Gasteiger partial charge on any atom is 0.118 e. The van der Waals surface area contributed by atoms with Gasteiger partial charge in [0.05, 0.1) is 7.11 Å². The number of ether oxygens (including phenoxy) is 1. The van der Waals surface area contributed by atoms with Crippen LogP contribution in [-0.4, -0.2) is 13.1 Å². The molecule has 3 nitrogen and oxygen atoms in total. The highest BCUT2D eigenvalue weighted by molar-refractivity contribution is 5.83. The second-order valence-electron chi connectivity index (χ2n) is 5.13. The van der Waals surface area contributed by atoms with Gasteiger partial charge in [-0.3, -0.25) is 0 Å². The Hall–Kier alpha value is -3.07. The maximum absolute atomic E-state index is 8.89. The van der Waals surface area contributed by atoms with Gasteiger partial charge in [-0.05, 0) is 41.3 Å². The first-order chi connectivity index (χ1) is 11.6. The molecule has 0 bridgehead atoms. The van der Waals surface area contributed by atoms with Crippen molar-refractivity contribution < 1.29 is 14.6 Å². The number of carboxylic acid groups (broad SMARTS) is 1. The van der Waals surface area contributed by atoms with E-state index in [0.29, 0.717) is 0 Å². The highest BCUT2D eigenvalue weighted by atomic mass is 16.5. The third-order valence-corrected chi connectivity index (χ3v) is 3.41. The predicted molar refractivity (Wildman–Crippen MR) is 94.5 cm³/mol. The zero-order valence-electron chi connectivity index (χ0n) is 13.7. The molecule has 0 fully saturated rings. The van der Waals surface area contributed by atoms with Crippen molar-refractivity contribution in [1.82, 2.24) is 0 Å². The Bertz CT molecular complexity index is 774. The average molecular weight is 319 g/mol. The molecule has 0 aliphatic rings. The van der Waals surface area contributed by atoms with Gasteiger partial charge in [-0.25, -0.2) is 0 Å². The minimum atomic E-state index is -1.08. The molecule has 0 N–H and O–H groups in total. The Labute approximate surface area is 142 Å². The van der Waals surface area contributed by atoms with Gasteiger partial charge in [0.2, 0.25) is 0 Å². The maximum atomic E-state index is 8.89. The van der Waals surface area contributed by atoms with E-state index < -0.39 is 5.97 Å². The molecule has 3 heteroatoms. The van der Waals surface area contributed by atoms with Crippen LogP contribution < -0.4 is 9.84 Å². The summed E-state index contributed by atoms with van der Waals surface area (Å²) in [7, 11) is 1.69. The third kappa shape index (κ3) is 4.71. The van der Waals surface area contributed by atoms with Gasteiger partial charge in [0, 0.05) is 5.97 Å². The molecule has 122 valence electrons. The molecule has 0 amide bonds. The number of carbonyl (C=O) groups excluding carboxylic acids is 1. The predicted octanol–water partition coefficient (Wildman–Crippen LogP) is 3.79. The molecule has 0 heterocycles. The minimum absolute atomic E-state index is 0.881. The van der Waals surface area contributed by atoms with Crippen LogP contribution in [0.5, 0.6) is 5.75 Å². The van der Waals surface area contributed by atoms with Crippen molar-refractivity contribution in [1.29, 1.82) is 0 Å². The standard InChI is InChI=1S/C19H16O.C2H4O2/c1-20-17-13-11-16(12-14-17)19-10-6-5-9-18(19)15-7-3-2-4-8-15;1-2(3)4/h2-14H,1H3;1H3,(H,3,4)/p-1. The van der Waals surface area contributed by atoms with E-state index in [-0.39, 0.29) is 0 Å². The fourth-order valence-corrected chi connectivity index (χ4v) is 2.37. The number of rotatable bonds is 3. The van der Waals surface area contributed by atoms with Gasteiger partial charge >= 0.3 is 0 Å². The molecular weight excluding hydrogens is 300 g/mol. The molecule has 0 radical (unpaired) electrons. The van der Waals surface area contributed by atoms with Crippen LogP contribution >= 0.6 is 0 Å². The SMILES string of the molecule is CC(=O)[O-].COc1ccc(-c2ccccc2-c2ccccc2)cc1. The van der Waals surface area contributed by atoms with E-state index in [2.05, 4.69) is 60.7 Å². The zero-order chi connectivity index (χ0) is 17.4. The van der Waals surface area contributed by atoms with Crippen LogP contribution in [0.2, 0.25) is 0 Å². The molecule has 0 unspecified atom stereocenters. The number of aliphatic carboxylic acids is 1. The Balaban J connectivity index is 0.000000471. The fourth-order valence-electron chi connectivity index (χ4n) is 2.37. The van der Waals surface area contributed by atoms with Crippen molar-refractivity contribution in [3.8, 4) is 28.0 Å². The summed E-state index contributed by atoms with van der Waals surface area (Å²) < 4.78 is 5.22. The summed E-state index contributed by atoms with van der Waals surface area (Å²) >= 11 is 0. The molecule has 0 saturated carbocycles. The molecule has 3 rings (SSSR count). The number of hydrogen-bond acceptors (Lipinski definition) is 3. The Morgan fingerprint density at radius 2 is 1.17 bits per heavy atom. The van der Waals surface area contributed by atoms with Gasteiger partial charge in [-0.1, -0.05) is 66.7 Å². The molecular formula is C21H19O3-. The summed E-state index contributed by atoms with van der Waals surface area (Å²) in [5.74, 6) is -0.203. The topological polar surface area (TPSA) is 49.4 Å². The van der Waals surface area contributed by atoms with E-state index in [0.717, 1.165) is 12.7 Å². The van der Waals surface area contributed by atoms with Crippen LogP contribution in [0.15, 0.2) is 78.9 Å². The highest BCUT2D eigenvalue weighted by Crippen LogP contribution is 2.32. The summed E-state index contributed by atoms with van der Waals surface area (Å²) in [5, 5.41) is 8.89. The summed E-state index contributed by atoms with van der Waals surface area (Å²) in [6.07, 6.45) is 0. The van der Waals surface area contributed by atoms with Crippen LogP contribution in [0.25, 0.3) is 22.3 Å². The van der Waals surface area contributed by atoms with Gasteiger partial charge in [-0.15, -0.1) is 0 Å². The lowest BCUT2D eigenvalue weighted by molar-refractivity contribution is -0.302. The molecule has 0 aliphatic heterocycles. The molecule has 0 spiro atoms. The van der Waals surface area contributed by atoms with Crippen molar-refractivity contribution in [3.63, 3.8) is 0 Å². The fraction of sp³-hybridized carbons (Fsp3) is 0.0952. The molecule has 0 saturated heterocycles. The van der Waals surface area contributed by atoms with Crippen LogP contribution in [0, 0.1) is 0 Å². The molecule has 0 atom stereocenters. The lowest BCUT2D eigenvalue weighted by atomic mass is 9.95. The van der Waals surface area contributed by atoms with E-state index >= 15 is 0 Å². The van der Waals surface area contributed by atoms with Crippen LogP contribution in [0.3, 0.4) is 0 Å². The van der Waals surface area contributed by atoms with E-state index in [1.54, 1.807) is 7.11 Å². The first-order valence-corrected chi connectivity index (χ1v) is 7.58. The molecule has 3 aromatic carbocycles. The Kier molecular flexibility index (Phi) is 6.15. The van der Waals surface area contributed by atoms with Gasteiger partial charge < -0.3 is 14.6 Å². The van der Waals surface area contributed by atoms with Crippen molar-refractivity contribution in [2.24, 2.45) is 0 Å². The summed E-state index contributed by atoms with van der Waals surface area (Å²) in [4.78, 5) is 8.89. The second kappa shape index (κ2) is 8.53. The van der Waals surface area contributed by atoms with Crippen molar-refractivity contribution >= 4 is 5.97 Å². The third-order valence-electron chi connectivity index (χ3n) is 3.41. The highest BCUT2D eigenvalue weighted by Gasteiger charge is 2.06. The molecule has 24 heavy (non-hydrogen) atoms. The van der Waals surface area contributed by atoms with E-state index in [4.69, 9.17) is 14.6 Å². The smallest absolute Gasteiger partial charge is 0.118 e. The monoisotopic (exact) mass is 319 g/mol. The number of carbonyl (C=O) groups is 1. The molecule has 3 aromatic rings. The Morgan fingerprint density at radius 3 is 1.62 bits per heavy atom. The van der Waals surface area contributed by atoms with E-state index in [1.165, 1.54) is 22.3 Å². The summed E-state index contributed by atoms with van der Waals surface area (Å²) in [5.41, 5.74) is 4.92. The van der Waals surface area contributed by atoms with E-state index in [9.17, 15) is 0 Å². The number of methoxy groups -OCH3 is 1. The number of benzene rings is 3. The quantitative estimate of drug-likeness (QED) is 0.738. The van der Waals surface area contributed by atoms with Gasteiger partial charge in [0.15, 0.2) is 0 Å². The molecule has 0 aliphatic carbocycles. The van der Waals surface area contributed by atoms with Gasteiger partial charge in [0.25, 0.3) is 0 Å². The van der Waals surface area contributed by atoms with Crippen LogP contribution in [-0.2, 0) is 4.79 Å². The average Bonchev–Trinajstić information content (AvgIpc) is 2.62. The minimum Gasteiger partial charge on any atom is -0.550 e. The van der Waals surface area contributed by atoms with Crippen molar-refractivity contribution in [3.05, 3.63) is 78.9 Å². The first-order valence-electron chi connectivity index (χ1n) is 7.58. The van der Waals surface area contributed by atoms with Gasteiger partial charge in [-0.2, -0.15) is 0 Å². The first kappa shape index (κ1) is 17.3. The lowest BCUT2D eigenvalue weighted by Crippen LogP contribution is -2.16. The van der Waals surface area contributed by atoms with Crippen LogP contribution in [0.4, 0.5) is 0 Å². The van der Waals surface area contributed by atoms with Crippen molar-refractivity contribution in [2.75, 3.05) is 7.11 Å². The normalized spacial score (nSPS) is 9.58. The van der Waals surface area contributed by atoms with Crippen molar-refractivity contribution in [2.45, 2.75) is 6.92 Å².